The number of anilines is 2. The van der Waals surface area contributed by atoms with E-state index in [4.69, 9.17) is 5.26 Å². The highest BCUT2D eigenvalue weighted by atomic mass is 16.2. The minimum atomic E-state index is -0.898. The molecule has 1 aromatic carbocycles. The third-order valence-electron chi connectivity index (χ3n) is 3.39. The molecule has 1 aliphatic heterocycles. The SMILES string of the molecule is N#CC1(C(=O)N2CC(=O)Nc3ccccc32)CC1. The van der Waals surface area contributed by atoms with Crippen LogP contribution < -0.4 is 10.2 Å². The summed E-state index contributed by atoms with van der Waals surface area (Å²) in [5.41, 5.74) is 0.393. The molecule has 0 atom stereocenters. The quantitative estimate of drug-likeness (QED) is 0.804. The van der Waals surface area contributed by atoms with E-state index in [1.165, 1.54) is 4.90 Å². The van der Waals surface area contributed by atoms with Crippen molar-refractivity contribution < 1.29 is 9.59 Å². The fourth-order valence-corrected chi connectivity index (χ4v) is 2.17. The number of carbonyl (C=O) groups excluding carboxylic acids is 2. The minimum absolute atomic E-state index is 0.0146. The summed E-state index contributed by atoms with van der Waals surface area (Å²) in [6, 6.07) is 9.20. The number of para-hydroxylation sites is 2. The molecule has 0 unspecified atom stereocenters. The van der Waals surface area contributed by atoms with Crippen LogP contribution in [0.4, 0.5) is 11.4 Å². The number of nitriles is 1. The summed E-state index contributed by atoms with van der Waals surface area (Å²) in [7, 11) is 0. The van der Waals surface area contributed by atoms with E-state index in [-0.39, 0.29) is 18.4 Å². The number of amides is 2. The Morgan fingerprint density at radius 2 is 2.11 bits per heavy atom. The molecule has 1 fully saturated rings. The second kappa shape index (κ2) is 3.57. The summed E-state index contributed by atoms with van der Waals surface area (Å²) >= 11 is 0. The molecule has 1 aromatic rings. The molecule has 0 saturated heterocycles. The summed E-state index contributed by atoms with van der Waals surface area (Å²) in [4.78, 5) is 25.4. The molecular weight excluding hydrogens is 230 g/mol. The average molecular weight is 241 g/mol. The number of nitrogens with one attached hydrogen (secondary N) is 1. The van der Waals surface area contributed by atoms with Crippen molar-refractivity contribution in [3.63, 3.8) is 0 Å². The normalized spacial score (nSPS) is 19.5. The number of hydrogen-bond acceptors (Lipinski definition) is 3. The predicted octanol–water partition coefficient (Wildman–Crippen LogP) is 1.28. The zero-order valence-corrected chi connectivity index (χ0v) is 9.64. The van der Waals surface area contributed by atoms with Crippen molar-refractivity contribution in [2.45, 2.75) is 12.8 Å². The molecule has 2 amide bonds. The maximum absolute atomic E-state index is 12.3. The van der Waals surface area contributed by atoms with Gasteiger partial charge in [-0.05, 0) is 25.0 Å². The monoisotopic (exact) mass is 241 g/mol. The molecule has 0 radical (unpaired) electrons. The lowest BCUT2D eigenvalue weighted by atomic mass is 10.1. The van der Waals surface area contributed by atoms with Crippen LogP contribution in [0.1, 0.15) is 12.8 Å². The van der Waals surface area contributed by atoms with Gasteiger partial charge in [0.25, 0.3) is 0 Å². The van der Waals surface area contributed by atoms with Crippen LogP contribution in [0.25, 0.3) is 0 Å². The van der Waals surface area contributed by atoms with E-state index in [1.807, 2.05) is 6.07 Å². The van der Waals surface area contributed by atoms with E-state index in [0.29, 0.717) is 24.2 Å². The van der Waals surface area contributed by atoms with Gasteiger partial charge in [-0.2, -0.15) is 5.26 Å². The Balaban J connectivity index is 2.01. The number of hydrogen-bond donors (Lipinski definition) is 1. The van der Waals surface area contributed by atoms with Gasteiger partial charge in [-0.1, -0.05) is 12.1 Å². The average Bonchev–Trinajstić information content (AvgIpc) is 3.18. The van der Waals surface area contributed by atoms with Gasteiger partial charge < -0.3 is 5.32 Å². The van der Waals surface area contributed by atoms with Gasteiger partial charge in [0.1, 0.15) is 12.0 Å². The van der Waals surface area contributed by atoms with Gasteiger partial charge in [-0.15, -0.1) is 0 Å². The first kappa shape index (κ1) is 10.8. The standard InChI is InChI=1S/C13H11N3O2/c14-8-13(5-6-13)12(18)16-7-11(17)15-9-3-1-2-4-10(9)16/h1-4H,5-7H2,(H,15,17). The van der Waals surface area contributed by atoms with Gasteiger partial charge in [0, 0.05) is 0 Å². The summed E-state index contributed by atoms with van der Waals surface area (Å²) in [5.74, 6) is -0.483. The summed E-state index contributed by atoms with van der Waals surface area (Å²) < 4.78 is 0. The molecule has 5 heteroatoms. The Morgan fingerprint density at radius 3 is 2.78 bits per heavy atom. The van der Waals surface area contributed by atoms with Crippen LogP contribution in [0.15, 0.2) is 24.3 Å². The molecule has 0 spiro atoms. The lowest BCUT2D eigenvalue weighted by Gasteiger charge is -2.30. The first-order valence-electron chi connectivity index (χ1n) is 5.78. The minimum Gasteiger partial charge on any atom is -0.323 e. The maximum atomic E-state index is 12.3. The first-order valence-corrected chi connectivity index (χ1v) is 5.78. The lowest BCUT2D eigenvalue weighted by molar-refractivity contribution is -0.124. The van der Waals surface area contributed by atoms with E-state index in [2.05, 4.69) is 11.4 Å². The van der Waals surface area contributed by atoms with Gasteiger partial charge in [-0.3, -0.25) is 14.5 Å². The van der Waals surface area contributed by atoms with E-state index >= 15 is 0 Å². The van der Waals surface area contributed by atoms with Gasteiger partial charge in [0.05, 0.1) is 17.4 Å². The molecule has 1 N–H and O–H groups in total. The molecule has 0 aromatic heterocycles. The van der Waals surface area contributed by atoms with E-state index < -0.39 is 5.41 Å². The molecule has 5 nitrogen and oxygen atoms in total. The van der Waals surface area contributed by atoms with Gasteiger partial charge in [0.15, 0.2) is 0 Å². The Morgan fingerprint density at radius 1 is 1.39 bits per heavy atom. The lowest BCUT2D eigenvalue weighted by Crippen LogP contribution is -2.45. The van der Waals surface area contributed by atoms with Crippen LogP contribution in [-0.4, -0.2) is 18.4 Å². The van der Waals surface area contributed by atoms with Crippen LogP contribution in [0.2, 0.25) is 0 Å². The van der Waals surface area contributed by atoms with E-state index in [0.717, 1.165) is 0 Å². The van der Waals surface area contributed by atoms with Gasteiger partial charge in [-0.25, -0.2) is 0 Å². The van der Waals surface area contributed by atoms with Crippen molar-refractivity contribution in [1.82, 2.24) is 0 Å². The van der Waals surface area contributed by atoms with Crippen LogP contribution in [0.3, 0.4) is 0 Å². The Labute approximate surface area is 104 Å². The molecule has 1 saturated carbocycles. The zero-order valence-electron chi connectivity index (χ0n) is 9.64. The van der Waals surface area contributed by atoms with Crippen LogP contribution in [0, 0.1) is 16.7 Å². The van der Waals surface area contributed by atoms with Crippen LogP contribution >= 0.6 is 0 Å². The van der Waals surface area contributed by atoms with Crippen molar-refractivity contribution in [2.24, 2.45) is 5.41 Å². The van der Waals surface area contributed by atoms with Crippen molar-refractivity contribution >= 4 is 23.2 Å². The van der Waals surface area contributed by atoms with Crippen molar-refractivity contribution in [1.29, 1.82) is 5.26 Å². The first-order chi connectivity index (χ1) is 8.66. The van der Waals surface area contributed by atoms with E-state index in [9.17, 15) is 9.59 Å². The highest BCUT2D eigenvalue weighted by Gasteiger charge is 2.53. The van der Waals surface area contributed by atoms with Crippen LogP contribution in [-0.2, 0) is 9.59 Å². The maximum Gasteiger partial charge on any atom is 0.248 e. The molecule has 3 rings (SSSR count). The highest BCUT2D eigenvalue weighted by molar-refractivity contribution is 6.12. The van der Waals surface area contributed by atoms with Crippen molar-refractivity contribution in [3.8, 4) is 6.07 Å². The molecular formula is C13H11N3O2. The Bertz CT molecular complexity index is 584. The molecule has 90 valence electrons. The molecule has 18 heavy (non-hydrogen) atoms. The topological polar surface area (TPSA) is 73.2 Å². The number of carbonyl (C=O) groups is 2. The van der Waals surface area contributed by atoms with Crippen LogP contribution in [0.5, 0.6) is 0 Å². The fraction of sp³-hybridized carbons (Fsp3) is 0.308. The third kappa shape index (κ3) is 1.46. The molecule has 2 aliphatic rings. The van der Waals surface area contributed by atoms with Crippen molar-refractivity contribution in [2.75, 3.05) is 16.8 Å². The molecule has 1 aliphatic carbocycles. The summed E-state index contributed by atoms with van der Waals surface area (Å²) in [6.45, 7) is -0.0146. The summed E-state index contributed by atoms with van der Waals surface area (Å²) in [5, 5.41) is 11.8. The highest BCUT2D eigenvalue weighted by Crippen LogP contribution is 2.48. The number of fused-ring (bicyclic) bond motifs is 1. The number of rotatable bonds is 1. The Hall–Kier alpha value is -2.35. The third-order valence-corrected chi connectivity index (χ3v) is 3.39. The Kier molecular flexibility index (Phi) is 2.14. The van der Waals surface area contributed by atoms with Gasteiger partial charge >= 0.3 is 0 Å². The molecule has 0 bridgehead atoms. The zero-order chi connectivity index (χ0) is 12.8. The smallest absolute Gasteiger partial charge is 0.248 e. The second-order valence-corrected chi connectivity index (χ2v) is 4.65. The number of nitrogens with zero attached hydrogens (tertiary/aromatic N) is 2. The largest absolute Gasteiger partial charge is 0.323 e. The summed E-state index contributed by atoms with van der Waals surface area (Å²) in [6.07, 6.45) is 1.17. The predicted molar refractivity (Wildman–Crippen MR) is 64.7 cm³/mol. The fourth-order valence-electron chi connectivity index (χ4n) is 2.17. The van der Waals surface area contributed by atoms with Gasteiger partial charge in [0.2, 0.25) is 11.8 Å². The number of benzene rings is 1. The van der Waals surface area contributed by atoms with E-state index in [1.54, 1.807) is 18.2 Å². The molecule has 1 heterocycles. The second-order valence-electron chi connectivity index (χ2n) is 4.65. The van der Waals surface area contributed by atoms with Crippen molar-refractivity contribution in [3.05, 3.63) is 24.3 Å².